The molecule has 6 nitrogen and oxygen atoms in total. The first-order chi connectivity index (χ1) is 14.0. The number of hydrogen-bond acceptors (Lipinski definition) is 5. The maximum Gasteiger partial charge on any atom is 0.337 e. The van der Waals surface area contributed by atoms with Crippen LogP contribution in [0, 0.1) is 0 Å². The summed E-state index contributed by atoms with van der Waals surface area (Å²) in [6.07, 6.45) is 4.18. The Morgan fingerprint density at radius 1 is 1.17 bits per heavy atom. The number of thiophene rings is 1. The number of benzene rings is 1. The minimum absolute atomic E-state index is 0.0281. The molecule has 4 aromatic rings. The van der Waals surface area contributed by atoms with Crippen LogP contribution in [0.15, 0.2) is 39.5 Å². The number of fused-ring (bicyclic) bond motifs is 3. The normalized spacial score (nSPS) is 13.6. The highest BCUT2D eigenvalue weighted by Crippen LogP contribution is 2.35. The summed E-state index contributed by atoms with van der Waals surface area (Å²) in [7, 11) is 0. The summed E-state index contributed by atoms with van der Waals surface area (Å²) in [6, 6.07) is 8.08. The minimum Gasteiger partial charge on any atom is -0.478 e. The number of hydrogen-bond donors (Lipinski definition) is 2. The Bertz CT molecular complexity index is 1330. The molecule has 0 saturated carbocycles. The first-order valence-electron chi connectivity index (χ1n) is 9.19. The highest BCUT2D eigenvalue weighted by molar-refractivity contribution is 7.18. The third kappa shape index (κ3) is 3.07. The van der Waals surface area contributed by atoms with Crippen LogP contribution in [0.5, 0.6) is 0 Å². The Balaban J connectivity index is 1.55. The van der Waals surface area contributed by atoms with Crippen molar-refractivity contribution in [1.82, 2.24) is 9.97 Å². The van der Waals surface area contributed by atoms with E-state index in [-0.39, 0.29) is 16.1 Å². The number of H-pyrrole nitrogens is 1. The monoisotopic (exact) mass is 426 g/mol. The van der Waals surface area contributed by atoms with Crippen LogP contribution < -0.4 is 5.56 Å². The van der Waals surface area contributed by atoms with Gasteiger partial charge in [-0.1, -0.05) is 17.7 Å². The number of aromatic amines is 1. The third-order valence-corrected chi connectivity index (χ3v) is 6.65. The van der Waals surface area contributed by atoms with Crippen LogP contribution in [0.2, 0.25) is 5.02 Å². The van der Waals surface area contributed by atoms with Crippen LogP contribution in [-0.2, 0) is 12.8 Å². The summed E-state index contributed by atoms with van der Waals surface area (Å²) >= 11 is 7.64. The van der Waals surface area contributed by atoms with Crippen molar-refractivity contribution in [3.05, 3.63) is 61.7 Å². The SMILES string of the molecule is O=C(O)c1ccc(-c2ccc(-c3nc4sc5c(c4c(=O)[nH]3)CCCC5)o2)cc1Cl. The number of aromatic nitrogens is 2. The predicted molar refractivity (Wildman–Crippen MR) is 112 cm³/mol. The Morgan fingerprint density at radius 3 is 2.76 bits per heavy atom. The van der Waals surface area contributed by atoms with Crippen molar-refractivity contribution < 1.29 is 14.3 Å². The molecule has 0 bridgehead atoms. The highest BCUT2D eigenvalue weighted by Gasteiger charge is 2.21. The van der Waals surface area contributed by atoms with Crippen molar-refractivity contribution in [2.75, 3.05) is 0 Å². The van der Waals surface area contributed by atoms with Gasteiger partial charge in [0, 0.05) is 10.4 Å². The molecule has 0 fully saturated rings. The number of carboxylic acids is 1. The Hall–Kier alpha value is -2.90. The van der Waals surface area contributed by atoms with E-state index in [2.05, 4.69) is 9.97 Å². The summed E-state index contributed by atoms with van der Waals surface area (Å²) in [6.45, 7) is 0. The quantitative estimate of drug-likeness (QED) is 0.472. The topological polar surface area (TPSA) is 96.2 Å². The van der Waals surface area contributed by atoms with Gasteiger partial charge in [0.1, 0.15) is 10.6 Å². The van der Waals surface area contributed by atoms with Crippen LogP contribution in [-0.4, -0.2) is 21.0 Å². The zero-order valence-corrected chi connectivity index (χ0v) is 16.7. The molecule has 0 saturated heterocycles. The molecule has 1 aliphatic carbocycles. The number of nitrogens with one attached hydrogen (secondary N) is 1. The van der Waals surface area contributed by atoms with Crippen molar-refractivity contribution in [3.63, 3.8) is 0 Å². The van der Waals surface area contributed by atoms with Crippen LogP contribution in [0.4, 0.5) is 0 Å². The van der Waals surface area contributed by atoms with E-state index in [1.54, 1.807) is 35.6 Å². The number of furan rings is 1. The maximum atomic E-state index is 12.7. The number of aryl methyl sites for hydroxylation is 2. The van der Waals surface area contributed by atoms with E-state index in [0.717, 1.165) is 36.1 Å². The van der Waals surface area contributed by atoms with Gasteiger partial charge in [-0.3, -0.25) is 4.79 Å². The van der Waals surface area contributed by atoms with E-state index >= 15 is 0 Å². The molecule has 3 heterocycles. The van der Waals surface area contributed by atoms with Crippen molar-refractivity contribution in [2.45, 2.75) is 25.7 Å². The molecule has 0 spiro atoms. The molecule has 3 aromatic heterocycles. The average molecular weight is 427 g/mol. The Kier molecular flexibility index (Phi) is 4.29. The molecule has 5 rings (SSSR count). The van der Waals surface area contributed by atoms with Gasteiger partial charge < -0.3 is 14.5 Å². The molecule has 8 heteroatoms. The lowest BCUT2D eigenvalue weighted by molar-refractivity contribution is 0.0697. The molecular formula is C21H15ClN2O4S. The second kappa shape index (κ2) is 6.86. The molecule has 1 aliphatic rings. The summed E-state index contributed by atoms with van der Waals surface area (Å²) in [5, 5.41) is 9.94. The summed E-state index contributed by atoms with van der Waals surface area (Å²) in [4.78, 5) is 33.3. The van der Waals surface area contributed by atoms with Gasteiger partial charge in [-0.25, -0.2) is 9.78 Å². The standard InChI is InChI=1S/C21H15ClN2O4S/c22-13-9-10(5-6-11(13)21(26)27)14-7-8-15(28-14)18-23-19(25)17-12-3-1-2-4-16(12)29-20(17)24-18/h5-9H,1-4H2,(H,26,27)(H,23,24,25). The fourth-order valence-electron chi connectivity index (χ4n) is 3.74. The molecule has 29 heavy (non-hydrogen) atoms. The first kappa shape index (κ1) is 18.1. The van der Waals surface area contributed by atoms with Gasteiger partial charge in [-0.2, -0.15) is 0 Å². The number of rotatable bonds is 3. The number of nitrogens with zero attached hydrogens (tertiary/aromatic N) is 1. The zero-order valence-electron chi connectivity index (χ0n) is 15.1. The van der Waals surface area contributed by atoms with E-state index in [4.69, 9.17) is 21.1 Å². The fourth-order valence-corrected chi connectivity index (χ4v) is 5.27. The fraction of sp³-hybridized carbons (Fsp3) is 0.190. The van der Waals surface area contributed by atoms with Crippen molar-refractivity contribution in [2.24, 2.45) is 0 Å². The Morgan fingerprint density at radius 2 is 1.97 bits per heavy atom. The first-order valence-corrected chi connectivity index (χ1v) is 10.4. The minimum atomic E-state index is -1.09. The number of halogens is 1. The maximum absolute atomic E-state index is 12.7. The Labute approximate surface area is 173 Å². The average Bonchev–Trinajstić information content (AvgIpc) is 3.32. The number of aromatic carboxylic acids is 1. The van der Waals surface area contributed by atoms with E-state index in [9.17, 15) is 9.59 Å². The highest BCUT2D eigenvalue weighted by atomic mass is 35.5. The smallest absolute Gasteiger partial charge is 0.337 e. The van der Waals surface area contributed by atoms with Gasteiger partial charge in [0.15, 0.2) is 11.6 Å². The molecule has 0 aliphatic heterocycles. The summed E-state index contributed by atoms with van der Waals surface area (Å²) in [5.74, 6) is 0.229. The van der Waals surface area contributed by atoms with Gasteiger partial charge in [-0.05, 0) is 55.5 Å². The van der Waals surface area contributed by atoms with E-state index in [1.165, 1.54) is 10.9 Å². The molecule has 0 atom stereocenters. The van der Waals surface area contributed by atoms with Crippen molar-refractivity contribution >= 4 is 39.1 Å². The van der Waals surface area contributed by atoms with Crippen LogP contribution in [0.1, 0.15) is 33.6 Å². The predicted octanol–water partition coefficient (Wildman–Crippen LogP) is 5.14. The largest absolute Gasteiger partial charge is 0.478 e. The molecule has 146 valence electrons. The number of carbonyl (C=O) groups is 1. The van der Waals surface area contributed by atoms with Gasteiger partial charge in [0.25, 0.3) is 5.56 Å². The summed E-state index contributed by atoms with van der Waals surface area (Å²) < 4.78 is 5.88. The van der Waals surface area contributed by atoms with Gasteiger partial charge in [-0.15, -0.1) is 11.3 Å². The van der Waals surface area contributed by atoms with Crippen LogP contribution in [0.25, 0.3) is 33.1 Å². The lowest BCUT2D eigenvalue weighted by atomic mass is 9.97. The van der Waals surface area contributed by atoms with Crippen LogP contribution >= 0.6 is 22.9 Å². The number of carboxylic acid groups (broad SMARTS) is 1. The third-order valence-electron chi connectivity index (χ3n) is 5.15. The summed E-state index contributed by atoms with van der Waals surface area (Å²) in [5.41, 5.74) is 1.67. The lowest BCUT2D eigenvalue weighted by Gasteiger charge is -2.09. The van der Waals surface area contributed by atoms with E-state index in [1.807, 2.05) is 0 Å². The molecule has 0 radical (unpaired) electrons. The zero-order chi connectivity index (χ0) is 20.1. The van der Waals surface area contributed by atoms with Gasteiger partial charge in [0.2, 0.25) is 0 Å². The molecular weight excluding hydrogens is 412 g/mol. The molecule has 0 unspecified atom stereocenters. The van der Waals surface area contributed by atoms with Crippen LogP contribution in [0.3, 0.4) is 0 Å². The molecule has 1 aromatic carbocycles. The van der Waals surface area contributed by atoms with Gasteiger partial charge >= 0.3 is 5.97 Å². The second-order valence-electron chi connectivity index (χ2n) is 6.97. The van der Waals surface area contributed by atoms with E-state index < -0.39 is 5.97 Å². The van der Waals surface area contributed by atoms with Gasteiger partial charge in [0.05, 0.1) is 16.0 Å². The molecule has 0 amide bonds. The molecule has 2 N–H and O–H groups in total. The lowest BCUT2D eigenvalue weighted by Crippen LogP contribution is -2.11. The second-order valence-corrected chi connectivity index (χ2v) is 8.46. The van der Waals surface area contributed by atoms with Crippen molar-refractivity contribution in [1.29, 1.82) is 0 Å². The van der Waals surface area contributed by atoms with Crippen molar-refractivity contribution in [3.8, 4) is 22.9 Å². The van der Waals surface area contributed by atoms with E-state index in [0.29, 0.717) is 28.3 Å².